The second-order valence-electron chi connectivity index (χ2n) is 9.08. The second kappa shape index (κ2) is 10.6. The van der Waals surface area contributed by atoms with Crippen LogP contribution in [0.4, 0.5) is 11.8 Å². The molecule has 3 aromatic rings. The molecule has 1 fully saturated rings. The molecule has 2 aromatic carbocycles. The van der Waals surface area contributed by atoms with Crippen LogP contribution in [0.25, 0.3) is 10.9 Å². The van der Waals surface area contributed by atoms with E-state index in [0.717, 1.165) is 72.9 Å². The summed E-state index contributed by atoms with van der Waals surface area (Å²) in [4.78, 5) is 11.6. The van der Waals surface area contributed by atoms with Gasteiger partial charge < -0.3 is 20.6 Å². The lowest BCUT2D eigenvalue weighted by molar-refractivity contribution is 0.324. The molecule has 0 amide bonds. The van der Waals surface area contributed by atoms with Crippen molar-refractivity contribution in [3.05, 3.63) is 54.1 Å². The maximum atomic E-state index is 9.86. The van der Waals surface area contributed by atoms with Crippen molar-refractivity contribution in [2.24, 2.45) is 5.92 Å². The van der Waals surface area contributed by atoms with Crippen LogP contribution in [0.2, 0.25) is 0 Å². The highest BCUT2D eigenvalue weighted by Gasteiger charge is 2.22. The number of rotatable bonds is 9. The van der Waals surface area contributed by atoms with E-state index in [9.17, 15) is 5.11 Å². The minimum absolute atomic E-state index is 0.409. The Morgan fingerprint density at radius 1 is 0.969 bits per heavy atom. The maximum Gasteiger partial charge on any atom is 0.225 e. The van der Waals surface area contributed by atoms with Crippen LogP contribution in [-0.2, 0) is 6.42 Å². The fourth-order valence-corrected chi connectivity index (χ4v) is 4.59. The molecule has 0 bridgehead atoms. The lowest BCUT2D eigenvalue weighted by Crippen LogP contribution is -2.32. The number of hydrogen-bond acceptors (Lipinski definition) is 6. The van der Waals surface area contributed by atoms with E-state index in [1.807, 2.05) is 44.4 Å². The van der Waals surface area contributed by atoms with Crippen molar-refractivity contribution < 1.29 is 5.11 Å². The Morgan fingerprint density at radius 3 is 2.50 bits per heavy atom. The average Bonchev–Trinajstić information content (AvgIpc) is 2.80. The fourth-order valence-electron chi connectivity index (χ4n) is 4.59. The highest BCUT2D eigenvalue weighted by atomic mass is 16.3. The smallest absolute Gasteiger partial charge is 0.225 e. The molecule has 0 saturated heterocycles. The van der Waals surface area contributed by atoms with Gasteiger partial charge in [0.05, 0.1) is 5.52 Å². The quantitative estimate of drug-likeness (QED) is 0.429. The van der Waals surface area contributed by atoms with Crippen molar-refractivity contribution >= 4 is 22.7 Å². The summed E-state index contributed by atoms with van der Waals surface area (Å²) >= 11 is 0. The molecule has 0 unspecified atom stereocenters. The van der Waals surface area contributed by atoms with Gasteiger partial charge in [0.1, 0.15) is 11.6 Å². The molecule has 1 aromatic heterocycles. The Morgan fingerprint density at radius 2 is 1.72 bits per heavy atom. The van der Waals surface area contributed by atoms with Crippen LogP contribution in [0.3, 0.4) is 0 Å². The first-order valence-corrected chi connectivity index (χ1v) is 11.8. The van der Waals surface area contributed by atoms with Gasteiger partial charge in [-0.3, -0.25) is 0 Å². The Balaban J connectivity index is 1.21. The highest BCUT2D eigenvalue weighted by molar-refractivity contribution is 5.90. The van der Waals surface area contributed by atoms with Crippen LogP contribution >= 0.6 is 0 Å². The van der Waals surface area contributed by atoms with Crippen molar-refractivity contribution in [3.8, 4) is 5.75 Å². The molecule has 1 aliphatic carbocycles. The van der Waals surface area contributed by atoms with Crippen LogP contribution in [0.15, 0.2) is 48.5 Å². The summed E-state index contributed by atoms with van der Waals surface area (Å²) in [6.45, 7) is 2.06. The van der Waals surface area contributed by atoms with E-state index in [-0.39, 0.29) is 0 Å². The summed E-state index contributed by atoms with van der Waals surface area (Å²) in [6, 6.07) is 16.3. The molecule has 170 valence electrons. The zero-order valence-electron chi connectivity index (χ0n) is 19.2. The van der Waals surface area contributed by atoms with Gasteiger partial charge in [-0.25, -0.2) is 4.98 Å². The third-order valence-electron chi connectivity index (χ3n) is 6.41. The summed E-state index contributed by atoms with van der Waals surface area (Å²) in [5, 5.41) is 18.2. The van der Waals surface area contributed by atoms with Gasteiger partial charge in [0.2, 0.25) is 5.95 Å². The second-order valence-corrected chi connectivity index (χ2v) is 9.08. The molecule has 3 N–H and O–H groups in total. The molecule has 1 heterocycles. The Kier molecular flexibility index (Phi) is 7.43. The number of nitrogens with zero attached hydrogens (tertiary/aromatic N) is 3. The van der Waals surface area contributed by atoms with Crippen molar-refractivity contribution in [1.29, 1.82) is 0 Å². The van der Waals surface area contributed by atoms with Crippen LogP contribution in [-0.4, -0.2) is 48.3 Å². The predicted octanol–water partition coefficient (Wildman–Crippen LogP) is 4.59. The molecule has 0 atom stereocenters. The highest BCUT2D eigenvalue weighted by Crippen LogP contribution is 2.28. The minimum atomic E-state index is 0.409. The number of fused-ring (bicyclic) bond motifs is 1. The summed E-state index contributed by atoms with van der Waals surface area (Å²) in [5.74, 6) is 2.83. The summed E-state index contributed by atoms with van der Waals surface area (Å²) in [5.41, 5.74) is 2.02. The number of aromatic nitrogens is 2. The summed E-state index contributed by atoms with van der Waals surface area (Å²) < 4.78 is 0. The van der Waals surface area contributed by atoms with Crippen LogP contribution in [0.1, 0.15) is 37.7 Å². The summed E-state index contributed by atoms with van der Waals surface area (Å²) in [6.07, 6.45) is 6.70. The molecule has 6 nitrogen and oxygen atoms in total. The number of aromatic hydroxyl groups is 1. The standard InChI is InChI=1S/C26H35N5O/c1-31(2)25-22-10-4-5-11-23(22)29-26(30-25)28-21-15-13-19(14-16-21)18-27-17-7-9-20-8-3-6-12-24(20)32/h3-6,8,10-12,19,21,27,32H,7,9,13-18H2,1-2H3,(H,28,29,30)/t19-,21+. The number of anilines is 2. The minimum Gasteiger partial charge on any atom is -0.508 e. The number of phenols is 1. The number of benzene rings is 2. The molecule has 1 aliphatic rings. The van der Waals surface area contributed by atoms with Crippen molar-refractivity contribution in [1.82, 2.24) is 15.3 Å². The number of phenolic OH excluding ortho intramolecular Hbond substituents is 1. The van der Waals surface area contributed by atoms with Crippen molar-refractivity contribution in [3.63, 3.8) is 0 Å². The van der Waals surface area contributed by atoms with Crippen molar-refractivity contribution in [2.75, 3.05) is 37.4 Å². The van der Waals surface area contributed by atoms with Gasteiger partial charge in [-0.15, -0.1) is 0 Å². The monoisotopic (exact) mass is 433 g/mol. The molecular formula is C26H35N5O. The van der Waals surface area contributed by atoms with Gasteiger partial charge in [0.25, 0.3) is 0 Å². The topological polar surface area (TPSA) is 73.3 Å². The largest absolute Gasteiger partial charge is 0.508 e. The first-order chi connectivity index (χ1) is 15.6. The SMILES string of the molecule is CN(C)c1nc(N[C@H]2CC[C@@H](CNCCCc3ccccc3O)CC2)nc2ccccc12. The van der Waals surface area contributed by atoms with Crippen molar-refractivity contribution in [2.45, 2.75) is 44.6 Å². The van der Waals surface area contributed by atoms with E-state index in [2.05, 4.69) is 27.7 Å². The molecule has 4 rings (SSSR count). The molecule has 0 spiro atoms. The molecule has 32 heavy (non-hydrogen) atoms. The zero-order valence-corrected chi connectivity index (χ0v) is 19.2. The Hall–Kier alpha value is -2.86. The molecular weight excluding hydrogens is 398 g/mol. The number of nitrogens with one attached hydrogen (secondary N) is 2. The summed E-state index contributed by atoms with van der Waals surface area (Å²) in [7, 11) is 4.05. The van der Waals surface area contributed by atoms with E-state index in [0.29, 0.717) is 11.8 Å². The number of para-hydroxylation sites is 2. The fraction of sp³-hybridized carbons (Fsp3) is 0.462. The molecule has 0 aliphatic heterocycles. The van der Waals surface area contributed by atoms with Gasteiger partial charge in [0.15, 0.2) is 0 Å². The third-order valence-corrected chi connectivity index (χ3v) is 6.41. The first kappa shape index (κ1) is 22.3. The van der Waals surface area contributed by atoms with E-state index in [4.69, 9.17) is 9.97 Å². The van der Waals surface area contributed by atoms with E-state index in [1.165, 1.54) is 12.8 Å². The maximum absolute atomic E-state index is 9.86. The molecule has 1 saturated carbocycles. The number of aryl methyl sites for hydroxylation is 1. The van der Waals surface area contributed by atoms with E-state index < -0.39 is 0 Å². The van der Waals surface area contributed by atoms with Crippen LogP contribution < -0.4 is 15.5 Å². The van der Waals surface area contributed by atoms with Gasteiger partial charge in [-0.05, 0) is 81.3 Å². The van der Waals surface area contributed by atoms with Gasteiger partial charge >= 0.3 is 0 Å². The van der Waals surface area contributed by atoms with E-state index in [1.54, 1.807) is 6.07 Å². The Bertz CT molecular complexity index is 1010. The zero-order chi connectivity index (χ0) is 22.3. The first-order valence-electron chi connectivity index (χ1n) is 11.8. The lowest BCUT2D eigenvalue weighted by atomic mass is 9.86. The molecule has 0 radical (unpaired) electrons. The molecule has 6 heteroatoms. The van der Waals surface area contributed by atoms with E-state index >= 15 is 0 Å². The predicted molar refractivity (Wildman–Crippen MR) is 133 cm³/mol. The number of hydrogen-bond donors (Lipinski definition) is 3. The van der Waals surface area contributed by atoms with Gasteiger partial charge in [-0.2, -0.15) is 4.98 Å². The van der Waals surface area contributed by atoms with Gasteiger partial charge in [0, 0.05) is 25.5 Å². The Labute approximate surface area is 191 Å². The normalized spacial score (nSPS) is 18.6. The van der Waals surface area contributed by atoms with Crippen LogP contribution in [0.5, 0.6) is 5.75 Å². The van der Waals surface area contributed by atoms with Gasteiger partial charge in [-0.1, -0.05) is 30.3 Å². The lowest BCUT2D eigenvalue weighted by Gasteiger charge is -2.29. The average molecular weight is 434 g/mol. The van der Waals surface area contributed by atoms with Crippen LogP contribution in [0, 0.1) is 5.92 Å². The third kappa shape index (κ3) is 5.68.